The second-order valence-corrected chi connectivity index (χ2v) is 6.62. The van der Waals surface area contributed by atoms with E-state index >= 15 is 0 Å². The first-order valence-corrected chi connectivity index (χ1v) is 7.84. The molecule has 0 aromatic heterocycles. The van der Waals surface area contributed by atoms with Gasteiger partial charge in [-0.3, -0.25) is 0 Å². The van der Waals surface area contributed by atoms with Gasteiger partial charge in [0.1, 0.15) is 5.75 Å². The average molecular weight is 277 g/mol. The van der Waals surface area contributed by atoms with Crippen molar-refractivity contribution in [3.63, 3.8) is 0 Å². The molecular formula is C18H31NO. The zero-order valence-corrected chi connectivity index (χ0v) is 14.0. The Morgan fingerprint density at radius 1 is 1.10 bits per heavy atom. The van der Waals surface area contributed by atoms with E-state index in [0.717, 1.165) is 25.3 Å². The third-order valence-corrected chi connectivity index (χ3v) is 4.11. The van der Waals surface area contributed by atoms with Gasteiger partial charge in [0, 0.05) is 6.04 Å². The van der Waals surface area contributed by atoms with Crippen LogP contribution in [0.25, 0.3) is 0 Å². The van der Waals surface area contributed by atoms with E-state index in [1.54, 1.807) is 0 Å². The van der Waals surface area contributed by atoms with Crippen LogP contribution in [0.1, 0.15) is 59.6 Å². The van der Waals surface area contributed by atoms with Gasteiger partial charge in [-0.15, -0.1) is 0 Å². The zero-order chi connectivity index (χ0) is 15.2. The van der Waals surface area contributed by atoms with E-state index in [-0.39, 0.29) is 0 Å². The minimum absolute atomic E-state index is 0.346. The number of hydrogen-bond donors (Lipinski definition) is 1. The predicted octanol–water partition coefficient (Wildman–Crippen LogP) is 4.81. The highest BCUT2D eigenvalue weighted by molar-refractivity contribution is 5.29. The van der Waals surface area contributed by atoms with Crippen LogP contribution < -0.4 is 10.1 Å². The first-order chi connectivity index (χ1) is 9.38. The van der Waals surface area contributed by atoms with Crippen molar-refractivity contribution in [2.45, 2.75) is 54.0 Å². The molecule has 0 fully saturated rings. The first kappa shape index (κ1) is 17.0. The molecule has 0 aliphatic rings. The molecule has 1 N–H and O–H groups in total. The molecule has 0 saturated carbocycles. The molecule has 20 heavy (non-hydrogen) atoms. The molecule has 2 atom stereocenters. The van der Waals surface area contributed by atoms with Crippen molar-refractivity contribution in [1.29, 1.82) is 0 Å². The summed E-state index contributed by atoms with van der Waals surface area (Å²) in [5.41, 5.74) is 1.70. The molecule has 0 aliphatic carbocycles. The van der Waals surface area contributed by atoms with Crippen LogP contribution in [0.2, 0.25) is 0 Å². The van der Waals surface area contributed by atoms with Gasteiger partial charge in [0.05, 0.1) is 6.61 Å². The van der Waals surface area contributed by atoms with Crippen molar-refractivity contribution in [3.8, 4) is 5.75 Å². The van der Waals surface area contributed by atoms with Gasteiger partial charge in [0.25, 0.3) is 0 Å². The maximum Gasteiger partial charge on any atom is 0.119 e. The van der Waals surface area contributed by atoms with E-state index in [1.165, 1.54) is 5.56 Å². The molecule has 0 spiro atoms. The van der Waals surface area contributed by atoms with Crippen LogP contribution in [0.3, 0.4) is 0 Å². The van der Waals surface area contributed by atoms with E-state index in [2.05, 4.69) is 64.2 Å². The minimum atomic E-state index is 0.346. The summed E-state index contributed by atoms with van der Waals surface area (Å²) >= 11 is 0. The summed E-state index contributed by atoms with van der Waals surface area (Å²) in [6.45, 7) is 15.2. The fourth-order valence-corrected chi connectivity index (χ4v) is 2.25. The van der Waals surface area contributed by atoms with Crippen molar-refractivity contribution in [2.24, 2.45) is 11.3 Å². The van der Waals surface area contributed by atoms with Crippen molar-refractivity contribution in [1.82, 2.24) is 5.32 Å². The fraction of sp³-hybridized carbons (Fsp3) is 0.667. The van der Waals surface area contributed by atoms with E-state index in [4.69, 9.17) is 4.74 Å². The van der Waals surface area contributed by atoms with Crippen LogP contribution in [0.4, 0.5) is 0 Å². The van der Waals surface area contributed by atoms with Crippen molar-refractivity contribution < 1.29 is 4.74 Å². The summed E-state index contributed by atoms with van der Waals surface area (Å²) in [5.74, 6) is 1.62. The van der Waals surface area contributed by atoms with Crippen LogP contribution >= 0.6 is 0 Å². The number of benzene rings is 1. The van der Waals surface area contributed by atoms with E-state index in [9.17, 15) is 0 Å². The average Bonchev–Trinajstić information content (AvgIpc) is 2.38. The van der Waals surface area contributed by atoms with Gasteiger partial charge in [-0.25, -0.2) is 0 Å². The Kier molecular flexibility index (Phi) is 6.54. The van der Waals surface area contributed by atoms with E-state index in [0.29, 0.717) is 17.4 Å². The molecule has 1 rings (SSSR count). The largest absolute Gasteiger partial charge is 0.494 e. The standard InChI is InChI=1S/C18H31NO/c1-7-19-17(13-14(3)18(4,5)6)15-9-11-16(12-10-15)20-8-2/h9-12,14,17,19H,7-8,13H2,1-6H3. The first-order valence-electron chi connectivity index (χ1n) is 7.84. The Morgan fingerprint density at radius 3 is 2.15 bits per heavy atom. The van der Waals surface area contributed by atoms with E-state index < -0.39 is 0 Å². The minimum Gasteiger partial charge on any atom is -0.494 e. The van der Waals surface area contributed by atoms with Gasteiger partial charge in [0.15, 0.2) is 0 Å². The Bertz CT molecular complexity index is 377. The summed E-state index contributed by atoms with van der Waals surface area (Å²) in [4.78, 5) is 0. The summed E-state index contributed by atoms with van der Waals surface area (Å²) in [6.07, 6.45) is 1.16. The van der Waals surface area contributed by atoms with Gasteiger partial charge in [-0.1, -0.05) is 46.8 Å². The predicted molar refractivity (Wildman–Crippen MR) is 87.3 cm³/mol. The molecule has 2 nitrogen and oxygen atoms in total. The Balaban J connectivity index is 2.79. The maximum absolute atomic E-state index is 5.52. The molecule has 1 aromatic carbocycles. The van der Waals surface area contributed by atoms with E-state index in [1.807, 2.05) is 6.92 Å². The van der Waals surface area contributed by atoms with Gasteiger partial charge in [-0.05, 0) is 48.9 Å². The second-order valence-electron chi connectivity index (χ2n) is 6.62. The molecular weight excluding hydrogens is 246 g/mol. The van der Waals surface area contributed by atoms with Gasteiger partial charge >= 0.3 is 0 Å². The molecule has 0 amide bonds. The molecule has 0 radical (unpaired) electrons. The maximum atomic E-state index is 5.52. The second kappa shape index (κ2) is 7.68. The quantitative estimate of drug-likeness (QED) is 0.772. The van der Waals surface area contributed by atoms with Crippen LogP contribution in [-0.2, 0) is 0 Å². The third kappa shape index (κ3) is 5.16. The van der Waals surface area contributed by atoms with Crippen molar-refractivity contribution in [3.05, 3.63) is 29.8 Å². The molecule has 0 heterocycles. The van der Waals surface area contributed by atoms with Gasteiger partial charge in [-0.2, -0.15) is 0 Å². The normalized spacial score (nSPS) is 14.9. The molecule has 0 bridgehead atoms. The van der Waals surface area contributed by atoms with Crippen molar-refractivity contribution >= 4 is 0 Å². The molecule has 0 saturated heterocycles. The van der Waals surface area contributed by atoms with Gasteiger partial charge in [0.2, 0.25) is 0 Å². The van der Waals surface area contributed by atoms with Gasteiger partial charge < -0.3 is 10.1 Å². The summed E-state index contributed by atoms with van der Waals surface area (Å²) in [5, 5.41) is 3.61. The van der Waals surface area contributed by atoms with Crippen molar-refractivity contribution in [2.75, 3.05) is 13.2 Å². The highest BCUT2D eigenvalue weighted by atomic mass is 16.5. The topological polar surface area (TPSA) is 21.3 Å². The van der Waals surface area contributed by atoms with Crippen LogP contribution in [0, 0.1) is 11.3 Å². The molecule has 0 aliphatic heterocycles. The van der Waals surface area contributed by atoms with Crippen LogP contribution in [0.15, 0.2) is 24.3 Å². The summed E-state index contributed by atoms with van der Waals surface area (Å²) < 4.78 is 5.52. The number of nitrogens with one attached hydrogen (secondary N) is 1. The molecule has 114 valence electrons. The molecule has 1 aromatic rings. The van der Waals surface area contributed by atoms with Crippen LogP contribution in [-0.4, -0.2) is 13.2 Å². The lowest BCUT2D eigenvalue weighted by atomic mass is 9.77. The SMILES string of the molecule is CCNC(CC(C)C(C)(C)C)c1ccc(OCC)cc1. The Morgan fingerprint density at radius 2 is 1.70 bits per heavy atom. The highest BCUT2D eigenvalue weighted by Gasteiger charge is 2.24. The highest BCUT2D eigenvalue weighted by Crippen LogP contribution is 2.33. The Labute approximate surface area is 124 Å². The third-order valence-electron chi connectivity index (χ3n) is 4.11. The molecule has 2 heteroatoms. The monoisotopic (exact) mass is 277 g/mol. The lowest BCUT2D eigenvalue weighted by Crippen LogP contribution is -2.27. The summed E-state index contributed by atoms with van der Waals surface area (Å²) in [7, 11) is 0. The fourth-order valence-electron chi connectivity index (χ4n) is 2.25. The number of rotatable bonds is 7. The smallest absolute Gasteiger partial charge is 0.119 e. The zero-order valence-electron chi connectivity index (χ0n) is 14.0. The van der Waals surface area contributed by atoms with Crippen LogP contribution in [0.5, 0.6) is 5.75 Å². The number of ether oxygens (including phenoxy) is 1. The molecule has 2 unspecified atom stereocenters. The lowest BCUT2D eigenvalue weighted by molar-refractivity contribution is 0.224. The summed E-state index contributed by atoms with van der Waals surface area (Å²) in [6, 6.07) is 8.95. The lowest BCUT2D eigenvalue weighted by Gasteiger charge is -2.31. The number of hydrogen-bond acceptors (Lipinski definition) is 2. The Hall–Kier alpha value is -1.02.